The average molecular weight is 227 g/mol. The van der Waals surface area contributed by atoms with E-state index in [-0.39, 0.29) is 0 Å². The van der Waals surface area contributed by atoms with Crippen molar-refractivity contribution in [3.8, 4) is 6.07 Å². The van der Waals surface area contributed by atoms with Gasteiger partial charge < -0.3 is 5.32 Å². The van der Waals surface area contributed by atoms with Gasteiger partial charge in [0.1, 0.15) is 6.07 Å². The molecular weight excluding hydrogens is 214 g/mol. The van der Waals surface area contributed by atoms with E-state index in [0.717, 1.165) is 16.9 Å². The Morgan fingerprint density at radius 1 is 1.53 bits per heavy atom. The van der Waals surface area contributed by atoms with Crippen LogP contribution in [0.3, 0.4) is 0 Å². The minimum atomic E-state index is 0.599. The van der Waals surface area contributed by atoms with Crippen molar-refractivity contribution >= 4 is 5.69 Å². The van der Waals surface area contributed by atoms with Gasteiger partial charge in [-0.25, -0.2) is 0 Å². The van der Waals surface area contributed by atoms with Gasteiger partial charge in [-0.2, -0.15) is 10.4 Å². The van der Waals surface area contributed by atoms with Crippen LogP contribution in [0.5, 0.6) is 0 Å². The third-order valence-electron chi connectivity index (χ3n) is 2.53. The lowest BCUT2D eigenvalue weighted by molar-refractivity contribution is 0.756. The Kier molecular flexibility index (Phi) is 3.06. The fourth-order valence-electron chi connectivity index (χ4n) is 1.65. The smallest absolute Gasteiger partial charge is 0.101 e. The molecule has 0 aliphatic rings. The standard InChI is InChI=1S/C12H13N5/c1-9-11(8-17(2)16-9)6-15-12-7-14-4-3-10(12)5-13/h3-4,7-8,15H,6H2,1-2H3. The first kappa shape index (κ1) is 11.1. The first-order valence-corrected chi connectivity index (χ1v) is 5.28. The molecule has 0 unspecified atom stereocenters. The van der Waals surface area contributed by atoms with Crippen molar-refractivity contribution in [1.29, 1.82) is 5.26 Å². The normalized spacial score (nSPS) is 9.94. The van der Waals surface area contributed by atoms with Gasteiger partial charge in [0.25, 0.3) is 0 Å². The van der Waals surface area contributed by atoms with Crippen LogP contribution in [0.2, 0.25) is 0 Å². The molecule has 2 rings (SSSR count). The lowest BCUT2D eigenvalue weighted by atomic mass is 10.2. The van der Waals surface area contributed by atoms with Gasteiger partial charge in [0.15, 0.2) is 0 Å². The molecule has 2 aromatic heterocycles. The molecule has 86 valence electrons. The molecule has 0 spiro atoms. The molecule has 0 aliphatic carbocycles. The average Bonchev–Trinajstić information content (AvgIpc) is 2.65. The van der Waals surface area contributed by atoms with Crippen LogP contribution >= 0.6 is 0 Å². The van der Waals surface area contributed by atoms with Gasteiger partial charge in [-0.15, -0.1) is 0 Å². The van der Waals surface area contributed by atoms with Gasteiger partial charge in [-0.3, -0.25) is 9.67 Å². The Balaban J connectivity index is 2.13. The monoisotopic (exact) mass is 227 g/mol. The Bertz CT molecular complexity index is 565. The van der Waals surface area contributed by atoms with Crippen molar-refractivity contribution in [2.45, 2.75) is 13.5 Å². The largest absolute Gasteiger partial charge is 0.379 e. The number of nitrogens with one attached hydrogen (secondary N) is 1. The summed E-state index contributed by atoms with van der Waals surface area (Å²) in [5.41, 5.74) is 3.45. The number of anilines is 1. The van der Waals surface area contributed by atoms with Crippen LogP contribution < -0.4 is 5.32 Å². The van der Waals surface area contributed by atoms with E-state index < -0.39 is 0 Å². The van der Waals surface area contributed by atoms with Crippen LogP contribution in [0.1, 0.15) is 16.8 Å². The number of nitriles is 1. The summed E-state index contributed by atoms with van der Waals surface area (Å²) in [6.07, 6.45) is 5.23. The maximum absolute atomic E-state index is 8.94. The van der Waals surface area contributed by atoms with E-state index in [1.165, 1.54) is 0 Å². The molecule has 0 aliphatic heterocycles. The fourth-order valence-corrected chi connectivity index (χ4v) is 1.65. The first-order chi connectivity index (χ1) is 8.20. The summed E-state index contributed by atoms with van der Waals surface area (Å²) < 4.78 is 1.78. The summed E-state index contributed by atoms with van der Waals surface area (Å²) in [6, 6.07) is 3.82. The van der Waals surface area contributed by atoms with Gasteiger partial charge in [-0.1, -0.05) is 0 Å². The molecule has 5 heteroatoms. The summed E-state index contributed by atoms with van der Waals surface area (Å²) in [5.74, 6) is 0. The molecule has 0 aromatic carbocycles. The molecule has 0 saturated carbocycles. The van der Waals surface area contributed by atoms with E-state index in [4.69, 9.17) is 5.26 Å². The third-order valence-corrected chi connectivity index (χ3v) is 2.53. The molecule has 0 radical (unpaired) electrons. The molecular formula is C12H13N5. The maximum Gasteiger partial charge on any atom is 0.101 e. The van der Waals surface area contributed by atoms with E-state index in [0.29, 0.717) is 12.1 Å². The van der Waals surface area contributed by atoms with E-state index in [1.54, 1.807) is 23.1 Å². The molecule has 0 fully saturated rings. The molecule has 1 N–H and O–H groups in total. The third kappa shape index (κ3) is 2.42. The topological polar surface area (TPSA) is 66.5 Å². The Labute approximate surface area is 99.7 Å². The molecule has 0 bridgehead atoms. The molecule has 17 heavy (non-hydrogen) atoms. The zero-order chi connectivity index (χ0) is 12.3. The van der Waals surface area contributed by atoms with E-state index in [9.17, 15) is 0 Å². The fraction of sp³-hybridized carbons (Fsp3) is 0.250. The number of nitrogens with zero attached hydrogens (tertiary/aromatic N) is 4. The predicted molar refractivity (Wildman–Crippen MR) is 64.2 cm³/mol. The van der Waals surface area contributed by atoms with Crippen LogP contribution in [0.4, 0.5) is 5.69 Å². The lowest BCUT2D eigenvalue weighted by Crippen LogP contribution is -2.02. The molecule has 0 amide bonds. The van der Waals surface area contributed by atoms with E-state index in [2.05, 4.69) is 21.5 Å². The number of aryl methyl sites for hydroxylation is 2. The van der Waals surface area contributed by atoms with Crippen LogP contribution in [0.15, 0.2) is 24.7 Å². The minimum absolute atomic E-state index is 0.599. The van der Waals surface area contributed by atoms with Crippen molar-refractivity contribution in [2.24, 2.45) is 7.05 Å². The zero-order valence-electron chi connectivity index (χ0n) is 9.81. The van der Waals surface area contributed by atoms with Crippen molar-refractivity contribution in [1.82, 2.24) is 14.8 Å². The second-order valence-corrected chi connectivity index (χ2v) is 3.80. The first-order valence-electron chi connectivity index (χ1n) is 5.28. The second kappa shape index (κ2) is 4.66. The summed E-state index contributed by atoms with van der Waals surface area (Å²) in [7, 11) is 1.89. The molecule has 2 aromatic rings. The highest BCUT2D eigenvalue weighted by atomic mass is 15.2. The maximum atomic E-state index is 8.94. The van der Waals surface area contributed by atoms with Crippen LogP contribution in [0.25, 0.3) is 0 Å². The van der Waals surface area contributed by atoms with Gasteiger partial charge in [-0.05, 0) is 13.0 Å². The number of hydrogen-bond acceptors (Lipinski definition) is 4. The molecule has 5 nitrogen and oxygen atoms in total. The van der Waals surface area contributed by atoms with Crippen molar-refractivity contribution < 1.29 is 0 Å². The van der Waals surface area contributed by atoms with Gasteiger partial charge in [0, 0.05) is 31.5 Å². The summed E-state index contributed by atoms with van der Waals surface area (Å²) in [5, 5.41) is 16.4. The zero-order valence-corrected chi connectivity index (χ0v) is 9.81. The highest BCUT2D eigenvalue weighted by Crippen LogP contribution is 2.14. The quantitative estimate of drug-likeness (QED) is 0.865. The summed E-state index contributed by atoms with van der Waals surface area (Å²) >= 11 is 0. The lowest BCUT2D eigenvalue weighted by Gasteiger charge is -2.06. The second-order valence-electron chi connectivity index (χ2n) is 3.80. The Hall–Kier alpha value is -2.35. The molecule has 0 atom stereocenters. The van der Waals surface area contributed by atoms with Gasteiger partial charge >= 0.3 is 0 Å². The SMILES string of the molecule is Cc1nn(C)cc1CNc1cnccc1C#N. The highest BCUT2D eigenvalue weighted by molar-refractivity contribution is 5.55. The summed E-state index contributed by atoms with van der Waals surface area (Å²) in [6.45, 7) is 2.60. The minimum Gasteiger partial charge on any atom is -0.379 e. The van der Waals surface area contributed by atoms with Crippen LogP contribution in [-0.4, -0.2) is 14.8 Å². The number of hydrogen-bond donors (Lipinski definition) is 1. The van der Waals surface area contributed by atoms with Crippen LogP contribution in [-0.2, 0) is 13.6 Å². The Morgan fingerprint density at radius 2 is 2.35 bits per heavy atom. The van der Waals surface area contributed by atoms with Crippen molar-refractivity contribution in [3.63, 3.8) is 0 Å². The van der Waals surface area contributed by atoms with Gasteiger partial charge in [0.2, 0.25) is 0 Å². The highest BCUT2D eigenvalue weighted by Gasteiger charge is 2.05. The van der Waals surface area contributed by atoms with E-state index >= 15 is 0 Å². The molecule has 2 heterocycles. The Morgan fingerprint density at radius 3 is 3.00 bits per heavy atom. The van der Waals surface area contributed by atoms with Crippen molar-refractivity contribution in [2.75, 3.05) is 5.32 Å². The number of rotatable bonds is 3. The van der Waals surface area contributed by atoms with Crippen LogP contribution in [0, 0.1) is 18.3 Å². The van der Waals surface area contributed by atoms with Gasteiger partial charge in [0.05, 0.1) is 23.1 Å². The van der Waals surface area contributed by atoms with Crippen molar-refractivity contribution in [3.05, 3.63) is 41.5 Å². The molecule has 0 saturated heterocycles. The summed E-state index contributed by atoms with van der Waals surface area (Å²) in [4.78, 5) is 4.00. The number of aromatic nitrogens is 3. The predicted octanol–water partition coefficient (Wildman–Crippen LogP) is 1.61. The van der Waals surface area contributed by atoms with E-state index in [1.807, 2.05) is 20.2 Å². The number of pyridine rings is 1.